The molecule has 0 spiro atoms. The van der Waals surface area contributed by atoms with Gasteiger partial charge in [0.15, 0.2) is 0 Å². The van der Waals surface area contributed by atoms with Gasteiger partial charge in [0.05, 0.1) is 6.54 Å². The standard InChI is InChI=1S/C18H25NO2S/c1-7-12-19-13-14-8-10-15(11-9-14)22-18(5,6)16(20)21-17(2,3)4/h1,8-11,19H,12-13H2,2-6H3. The van der Waals surface area contributed by atoms with Crippen molar-refractivity contribution in [3.05, 3.63) is 29.8 Å². The minimum Gasteiger partial charge on any atom is -0.459 e. The summed E-state index contributed by atoms with van der Waals surface area (Å²) < 4.78 is 4.85. The molecule has 0 aliphatic rings. The van der Waals surface area contributed by atoms with Gasteiger partial charge in [0.1, 0.15) is 10.3 Å². The van der Waals surface area contributed by atoms with Crippen LogP contribution in [0.1, 0.15) is 40.2 Å². The average Bonchev–Trinajstić information content (AvgIpc) is 2.39. The monoisotopic (exact) mass is 319 g/mol. The van der Waals surface area contributed by atoms with E-state index in [1.807, 2.05) is 58.9 Å². The summed E-state index contributed by atoms with van der Waals surface area (Å²) in [5.74, 6) is 2.34. The fourth-order valence-electron chi connectivity index (χ4n) is 1.69. The first-order chi connectivity index (χ1) is 10.1. The Labute approximate surface area is 138 Å². The zero-order valence-corrected chi connectivity index (χ0v) is 14.8. The highest BCUT2D eigenvalue weighted by molar-refractivity contribution is 8.01. The lowest BCUT2D eigenvalue weighted by Crippen LogP contribution is -2.36. The van der Waals surface area contributed by atoms with Crippen LogP contribution in [0.15, 0.2) is 29.2 Å². The molecule has 0 saturated carbocycles. The first kappa shape index (κ1) is 18.6. The molecule has 0 aliphatic carbocycles. The van der Waals surface area contributed by atoms with E-state index in [9.17, 15) is 4.79 Å². The molecule has 4 heteroatoms. The Kier molecular flexibility index (Phi) is 6.52. The minimum atomic E-state index is -0.628. The van der Waals surface area contributed by atoms with Gasteiger partial charge >= 0.3 is 5.97 Å². The highest BCUT2D eigenvalue weighted by Crippen LogP contribution is 2.34. The largest absolute Gasteiger partial charge is 0.459 e. The van der Waals surface area contributed by atoms with Gasteiger partial charge in [0, 0.05) is 11.4 Å². The first-order valence-electron chi connectivity index (χ1n) is 7.29. The van der Waals surface area contributed by atoms with Gasteiger partial charge in [0.25, 0.3) is 0 Å². The molecule has 0 aromatic heterocycles. The van der Waals surface area contributed by atoms with Crippen LogP contribution in [-0.4, -0.2) is 22.9 Å². The third kappa shape index (κ3) is 6.55. The van der Waals surface area contributed by atoms with Crippen LogP contribution in [0.5, 0.6) is 0 Å². The molecular formula is C18H25NO2S. The highest BCUT2D eigenvalue weighted by atomic mass is 32.2. The van der Waals surface area contributed by atoms with Gasteiger partial charge in [-0.3, -0.25) is 4.79 Å². The van der Waals surface area contributed by atoms with Crippen LogP contribution >= 0.6 is 11.8 Å². The van der Waals surface area contributed by atoms with Crippen molar-refractivity contribution >= 4 is 17.7 Å². The van der Waals surface area contributed by atoms with Crippen molar-refractivity contribution in [1.29, 1.82) is 0 Å². The molecule has 1 rings (SSSR count). The molecule has 1 N–H and O–H groups in total. The molecule has 0 amide bonds. The van der Waals surface area contributed by atoms with Crippen LogP contribution in [0.4, 0.5) is 0 Å². The van der Waals surface area contributed by atoms with E-state index in [0.29, 0.717) is 6.54 Å². The lowest BCUT2D eigenvalue weighted by Gasteiger charge is -2.28. The number of hydrogen-bond acceptors (Lipinski definition) is 4. The van der Waals surface area contributed by atoms with Gasteiger partial charge < -0.3 is 10.1 Å². The van der Waals surface area contributed by atoms with Crippen LogP contribution in [0.2, 0.25) is 0 Å². The Balaban J connectivity index is 2.65. The molecule has 3 nitrogen and oxygen atoms in total. The molecule has 1 aromatic carbocycles. The van der Waals surface area contributed by atoms with Crippen molar-refractivity contribution in [3.8, 4) is 12.3 Å². The molecule has 0 radical (unpaired) electrons. The van der Waals surface area contributed by atoms with E-state index in [0.717, 1.165) is 17.0 Å². The number of carbonyl (C=O) groups is 1. The van der Waals surface area contributed by atoms with E-state index >= 15 is 0 Å². The van der Waals surface area contributed by atoms with Crippen LogP contribution in [0, 0.1) is 12.3 Å². The van der Waals surface area contributed by atoms with Crippen LogP contribution < -0.4 is 5.32 Å². The normalized spacial score (nSPS) is 11.8. The SMILES string of the molecule is C#CCNCc1ccc(SC(C)(C)C(=O)OC(C)(C)C)cc1. The van der Waals surface area contributed by atoms with Gasteiger partial charge in [0.2, 0.25) is 0 Å². The van der Waals surface area contributed by atoms with Crippen LogP contribution in [-0.2, 0) is 16.1 Å². The fraction of sp³-hybridized carbons (Fsp3) is 0.500. The number of carbonyl (C=O) groups excluding carboxylic acids is 1. The second kappa shape index (κ2) is 7.71. The smallest absolute Gasteiger partial charge is 0.322 e. The van der Waals surface area contributed by atoms with Crippen molar-refractivity contribution in [1.82, 2.24) is 5.32 Å². The molecule has 0 bridgehead atoms. The van der Waals surface area contributed by atoms with Crippen LogP contribution in [0.25, 0.3) is 0 Å². The number of benzene rings is 1. The van der Waals surface area contributed by atoms with Gasteiger partial charge in [-0.25, -0.2) is 0 Å². The lowest BCUT2D eigenvalue weighted by atomic mass is 10.1. The van der Waals surface area contributed by atoms with Crippen molar-refractivity contribution in [2.45, 2.75) is 56.4 Å². The molecule has 0 unspecified atom stereocenters. The molecule has 0 fully saturated rings. The van der Waals surface area contributed by atoms with E-state index in [-0.39, 0.29) is 5.97 Å². The molecule has 1 aromatic rings. The van der Waals surface area contributed by atoms with Crippen molar-refractivity contribution < 1.29 is 9.53 Å². The van der Waals surface area contributed by atoms with Gasteiger partial charge in [-0.05, 0) is 52.3 Å². The second-order valence-electron chi connectivity index (χ2n) is 6.57. The maximum Gasteiger partial charge on any atom is 0.322 e. The van der Waals surface area contributed by atoms with Crippen molar-refractivity contribution in [3.63, 3.8) is 0 Å². The summed E-state index contributed by atoms with van der Waals surface area (Å²) in [6, 6.07) is 8.11. The van der Waals surface area contributed by atoms with E-state index in [2.05, 4.69) is 11.2 Å². The number of terminal acetylenes is 1. The fourth-order valence-corrected chi connectivity index (χ4v) is 2.68. The number of thioether (sulfide) groups is 1. The molecule has 0 atom stereocenters. The molecule has 120 valence electrons. The highest BCUT2D eigenvalue weighted by Gasteiger charge is 2.33. The van der Waals surface area contributed by atoms with E-state index in [1.165, 1.54) is 11.8 Å². The molecule has 0 saturated heterocycles. The Hall–Kier alpha value is -1.44. The van der Waals surface area contributed by atoms with Crippen LogP contribution in [0.3, 0.4) is 0 Å². The third-order valence-electron chi connectivity index (χ3n) is 2.74. The summed E-state index contributed by atoms with van der Waals surface area (Å²) in [6.07, 6.45) is 5.20. The predicted octanol–water partition coefficient (Wildman–Crippen LogP) is 3.62. The number of rotatable bonds is 6. The summed E-state index contributed by atoms with van der Waals surface area (Å²) in [6.45, 7) is 10.7. The summed E-state index contributed by atoms with van der Waals surface area (Å²) in [5, 5.41) is 3.15. The summed E-state index contributed by atoms with van der Waals surface area (Å²) >= 11 is 1.50. The Morgan fingerprint density at radius 3 is 2.32 bits per heavy atom. The maximum absolute atomic E-state index is 12.3. The topological polar surface area (TPSA) is 38.3 Å². The molecule has 0 heterocycles. The second-order valence-corrected chi connectivity index (χ2v) is 8.26. The predicted molar refractivity (Wildman–Crippen MR) is 92.8 cm³/mol. The Bertz CT molecular complexity index is 536. The Morgan fingerprint density at radius 2 is 1.82 bits per heavy atom. The quantitative estimate of drug-likeness (QED) is 0.376. The van der Waals surface area contributed by atoms with Crippen molar-refractivity contribution in [2.75, 3.05) is 6.54 Å². The maximum atomic E-state index is 12.3. The number of nitrogens with one attached hydrogen (secondary N) is 1. The summed E-state index contributed by atoms with van der Waals surface area (Å²) in [4.78, 5) is 13.3. The molecule has 0 aliphatic heterocycles. The minimum absolute atomic E-state index is 0.204. The molecular weight excluding hydrogens is 294 g/mol. The van der Waals surface area contributed by atoms with Gasteiger partial charge in [-0.2, -0.15) is 0 Å². The van der Waals surface area contributed by atoms with E-state index in [1.54, 1.807) is 0 Å². The average molecular weight is 319 g/mol. The van der Waals surface area contributed by atoms with Gasteiger partial charge in [-0.15, -0.1) is 18.2 Å². The first-order valence-corrected chi connectivity index (χ1v) is 8.11. The summed E-state index contributed by atoms with van der Waals surface area (Å²) in [7, 11) is 0. The van der Waals surface area contributed by atoms with E-state index < -0.39 is 10.3 Å². The number of esters is 1. The molecule has 22 heavy (non-hydrogen) atoms. The number of hydrogen-bond donors (Lipinski definition) is 1. The van der Waals surface area contributed by atoms with Crippen molar-refractivity contribution in [2.24, 2.45) is 0 Å². The summed E-state index contributed by atoms with van der Waals surface area (Å²) in [5.41, 5.74) is 0.691. The zero-order chi connectivity index (χ0) is 16.8. The van der Waals surface area contributed by atoms with Gasteiger partial charge in [-0.1, -0.05) is 18.1 Å². The van der Waals surface area contributed by atoms with E-state index in [4.69, 9.17) is 11.2 Å². The lowest BCUT2D eigenvalue weighted by molar-refractivity contribution is -0.156. The zero-order valence-electron chi connectivity index (χ0n) is 14.0. The third-order valence-corrected chi connectivity index (χ3v) is 3.93. The number of ether oxygens (including phenoxy) is 1. The Morgan fingerprint density at radius 1 is 1.23 bits per heavy atom.